The van der Waals surface area contributed by atoms with Crippen LogP contribution in [0.15, 0.2) is 42.5 Å². The van der Waals surface area contributed by atoms with Gasteiger partial charge in [0.2, 0.25) is 0 Å². The second-order valence-corrected chi connectivity index (χ2v) is 5.00. The highest BCUT2D eigenvalue weighted by molar-refractivity contribution is 5.47. The van der Waals surface area contributed by atoms with E-state index >= 15 is 0 Å². The summed E-state index contributed by atoms with van der Waals surface area (Å²) in [5.41, 5.74) is 2.36. The average molecular weight is 270 g/mol. The van der Waals surface area contributed by atoms with Crippen LogP contribution in [0, 0.1) is 0 Å². The maximum Gasteiger partial charge on any atom is 0.130 e. The van der Waals surface area contributed by atoms with Gasteiger partial charge in [-0.05, 0) is 35.9 Å². The van der Waals surface area contributed by atoms with Crippen LogP contribution < -0.4 is 14.2 Å². The van der Waals surface area contributed by atoms with E-state index in [1.54, 1.807) is 14.2 Å². The number of rotatable bonds is 3. The van der Waals surface area contributed by atoms with Gasteiger partial charge in [-0.2, -0.15) is 0 Å². The number of hydrogen-bond acceptors (Lipinski definition) is 3. The molecule has 104 valence electrons. The molecule has 2 atom stereocenters. The van der Waals surface area contributed by atoms with Crippen LogP contribution in [0.5, 0.6) is 17.2 Å². The normalized spacial score (nSPS) is 20.1. The van der Waals surface area contributed by atoms with Crippen molar-refractivity contribution in [3.8, 4) is 17.2 Å². The predicted molar refractivity (Wildman–Crippen MR) is 77.8 cm³/mol. The van der Waals surface area contributed by atoms with Gasteiger partial charge in [0.1, 0.15) is 23.4 Å². The summed E-state index contributed by atoms with van der Waals surface area (Å²) in [7, 11) is 3.36. The molecule has 0 amide bonds. The van der Waals surface area contributed by atoms with E-state index in [2.05, 4.69) is 25.1 Å². The summed E-state index contributed by atoms with van der Waals surface area (Å²) in [5, 5.41) is 0. The first-order valence-corrected chi connectivity index (χ1v) is 6.71. The molecule has 1 aliphatic rings. The van der Waals surface area contributed by atoms with Crippen LogP contribution in [0.25, 0.3) is 0 Å². The Kier molecular flexibility index (Phi) is 3.26. The van der Waals surface area contributed by atoms with Gasteiger partial charge in [-0.25, -0.2) is 0 Å². The molecule has 0 saturated carbocycles. The van der Waals surface area contributed by atoms with Crippen LogP contribution in [0.4, 0.5) is 0 Å². The molecule has 0 spiro atoms. The Morgan fingerprint density at radius 3 is 2.20 bits per heavy atom. The van der Waals surface area contributed by atoms with E-state index in [0.717, 1.165) is 22.8 Å². The number of ether oxygens (including phenoxy) is 3. The number of benzene rings is 2. The van der Waals surface area contributed by atoms with Crippen molar-refractivity contribution in [1.29, 1.82) is 0 Å². The topological polar surface area (TPSA) is 27.7 Å². The SMILES string of the molecule is COc1ccc(C2Oc3ccc(OC)cc3C2C)cc1. The third-order valence-electron chi connectivity index (χ3n) is 3.86. The monoisotopic (exact) mass is 270 g/mol. The van der Waals surface area contributed by atoms with Crippen molar-refractivity contribution >= 4 is 0 Å². The highest BCUT2D eigenvalue weighted by Crippen LogP contribution is 2.46. The predicted octanol–water partition coefficient (Wildman–Crippen LogP) is 3.94. The van der Waals surface area contributed by atoms with Crippen LogP contribution in [-0.4, -0.2) is 14.2 Å². The second kappa shape index (κ2) is 5.08. The van der Waals surface area contributed by atoms with Crippen molar-refractivity contribution in [3.63, 3.8) is 0 Å². The summed E-state index contributed by atoms with van der Waals surface area (Å²) >= 11 is 0. The zero-order chi connectivity index (χ0) is 14.1. The maximum absolute atomic E-state index is 6.08. The molecular weight excluding hydrogens is 252 g/mol. The molecule has 3 rings (SSSR count). The van der Waals surface area contributed by atoms with Crippen molar-refractivity contribution in [3.05, 3.63) is 53.6 Å². The smallest absolute Gasteiger partial charge is 0.130 e. The van der Waals surface area contributed by atoms with Crippen molar-refractivity contribution in [2.75, 3.05) is 14.2 Å². The molecule has 2 aromatic carbocycles. The molecule has 1 heterocycles. The number of fused-ring (bicyclic) bond motifs is 1. The van der Waals surface area contributed by atoms with Crippen LogP contribution >= 0.6 is 0 Å². The first-order valence-electron chi connectivity index (χ1n) is 6.71. The molecule has 2 aromatic rings. The first-order chi connectivity index (χ1) is 9.72. The van der Waals surface area contributed by atoms with E-state index in [0.29, 0.717) is 5.92 Å². The minimum Gasteiger partial charge on any atom is -0.497 e. The average Bonchev–Trinajstić information content (AvgIpc) is 2.84. The molecule has 0 bridgehead atoms. The lowest BCUT2D eigenvalue weighted by Crippen LogP contribution is -2.07. The van der Waals surface area contributed by atoms with E-state index in [4.69, 9.17) is 14.2 Å². The molecule has 0 radical (unpaired) electrons. The molecule has 1 aliphatic heterocycles. The van der Waals surface area contributed by atoms with Gasteiger partial charge in [0, 0.05) is 11.5 Å². The highest BCUT2D eigenvalue weighted by atomic mass is 16.5. The third-order valence-corrected chi connectivity index (χ3v) is 3.86. The Morgan fingerprint density at radius 2 is 1.55 bits per heavy atom. The van der Waals surface area contributed by atoms with Crippen LogP contribution in [0.3, 0.4) is 0 Å². The summed E-state index contributed by atoms with van der Waals surface area (Å²) < 4.78 is 16.6. The Hall–Kier alpha value is -2.16. The van der Waals surface area contributed by atoms with E-state index in [9.17, 15) is 0 Å². The van der Waals surface area contributed by atoms with Crippen LogP contribution in [0.1, 0.15) is 30.1 Å². The molecule has 0 saturated heterocycles. The zero-order valence-corrected chi connectivity index (χ0v) is 11.9. The van der Waals surface area contributed by atoms with Crippen molar-refractivity contribution < 1.29 is 14.2 Å². The molecular formula is C17H18O3. The van der Waals surface area contributed by atoms with Gasteiger partial charge in [-0.15, -0.1) is 0 Å². The van der Waals surface area contributed by atoms with Gasteiger partial charge in [-0.1, -0.05) is 19.1 Å². The third kappa shape index (κ3) is 2.09. The summed E-state index contributed by atoms with van der Waals surface area (Å²) in [6, 6.07) is 14.0. The Morgan fingerprint density at radius 1 is 0.900 bits per heavy atom. The van der Waals surface area contributed by atoms with Crippen molar-refractivity contribution in [2.24, 2.45) is 0 Å². The summed E-state index contributed by atoms with van der Waals surface area (Å²) in [6.45, 7) is 2.18. The summed E-state index contributed by atoms with van der Waals surface area (Å²) in [4.78, 5) is 0. The minimum absolute atomic E-state index is 0.0445. The van der Waals surface area contributed by atoms with E-state index in [-0.39, 0.29) is 6.10 Å². The fraction of sp³-hybridized carbons (Fsp3) is 0.294. The van der Waals surface area contributed by atoms with Gasteiger partial charge < -0.3 is 14.2 Å². The van der Waals surface area contributed by atoms with Crippen LogP contribution in [0.2, 0.25) is 0 Å². The lowest BCUT2D eigenvalue weighted by molar-refractivity contribution is 0.216. The standard InChI is InChI=1S/C17H18O3/c1-11-15-10-14(19-3)8-9-16(15)20-17(11)12-4-6-13(18-2)7-5-12/h4-11,17H,1-3H3. The summed E-state index contributed by atoms with van der Waals surface area (Å²) in [5.74, 6) is 2.97. The highest BCUT2D eigenvalue weighted by Gasteiger charge is 2.32. The molecule has 0 fully saturated rings. The molecule has 0 aliphatic carbocycles. The lowest BCUT2D eigenvalue weighted by Gasteiger charge is -2.16. The summed E-state index contributed by atoms with van der Waals surface area (Å²) in [6.07, 6.45) is 0.0445. The number of methoxy groups -OCH3 is 2. The largest absolute Gasteiger partial charge is 0.497 e. The number of hydrogen-bond donors (Lipinski definition) is 0. The van der Waals surface area contributed by atoms with E-state index in [1.165, 1.54) is 5.56 Å². The first kappa shape index (κ1) is 12.9. The Labute approximate surface area is 119 Å². The van der Waals surface area contributed by atoms with Crippen LogP contribution in [-0.2, 0) is 0 Å². The van der Waals surface area contributed by atoms with Gasteiger partial charge >= 0.3 is 0 Å². The zero-order valence-electron chi connectivity index (χ0n) is 11.9. The van der Waals surface area contributed by atoms with Crippen molar-refractivity contribution in [1.82, 2.24) is 0 Å². The Balaban J connectivity index is 1.90. The molecule has 0 N–H and O–H groups in total. The fourth-order valence-electron chi connectivity index (χ4n) is 2.67. The molecule has 2 unspecified atom stereocenters. The molecule has 0 aromatic heterocycles. The fourth-order valence-corrected chi connectivity index (χ4v) is 2.67. The van der Waals surface area contributed by atoms with Gasteiger partial charge in [-0.3, -0.25) is 0 Å². The van der Waals surface area contributed by atoms with Gasteiger partial charge in [0.05, 0.1) is 14.2 Å². The Bertz CT molecular complexity index is 604. The quantitative estimate of drug-likeness (QED) is 0.845. The minimum atomic E-state index is 0.0445. The molecule has 3 heteroatoms. The molecule has 20 heavy (non-hydrogen) atoms. The van der Waals surface area contributed by atoms with E-state index < -0.39 is 0 Å². The molecule has 3 nitrogen and oxygen atoms in total. The second-order valence-electron chi connectivity index (χ2n) is 5.00. The van der Waals surface area contributed by atoms with E-state index in [1.807, 2.05) is 24.3 Å². The lowest BCUT2D eigenvalue weighted by atomic mass is 9.93. The maximum atomic E-state index is 6.08. The van der Waals surface area contributed by atoms with Crippen molar-refractivity contribution in [2.45, 2.75) is 18.9 Å². The van der Waals surface area contributed by atoms with Gasteiger partial charge in [0.15, 0.2) is 0 Å². The van der Waals surface area contributed by atoms with Gasteiger partial charge in [0.25, 0.3) is 0 Å².